The molecule has 0 aromatic heterocycles. The molecule has 0 spiro atoms. The Morgan fingerprint density at radius 3 is 2.59 bits per heavy atom. The van der Waals surface area contributed by atoms with E-state index in [0.717, 1.165) is 0 Å². The normalized spacial score (nSPS) is 25.5. The van der Waals surface area contributed by atoms with Crippen molar-refractivity contribution in [1.82, 2.24) is 5.32 Å². The van der Waals surface area contributed by atoms with Gasteiger partial charge in [0.1, 0.15) is 0 Å². The molecule has 98 valence electrons. The second kappa shape index (κ2) is 6.59. The Bertz CT molecular complexity index is 280. The summed E-state index contributed by atoms with van der Waals surface area (Å²) in [6, 6.07) is 0. The van der Waals surface area contributed by atoms with Crippen molar-refractivity contribution in [2.24, 2.45) is 17.8 Å². The maximum absolute atomic E-state index is 11.8. The standard InChI is InChI=1S/C12H21NO4/c1-8(7-17-2)6-13-11(14)9-3-4-10(5-9)12(15)16/h8-10H,3-7H2,1-2H3,(H,13,14)(H,15,16). The Balaban J connectivity index is 2.27. The molecule has 2 N–H and O–H groups in total. The summed E-state index contributed by atoms with van der Waals surface area (Å²) in [7, 11) is 1.63. The second-order valence-corrected chi connectivity index (χ2v) is 4.85. The molecule has 17 heavy (non-hydrogen) atoms. The molecule has 1 rings (SSSR count). The van der Waals surface area contributed by atoms with E-state index in [1.165, 1.54) is 0 Å². The van der Waals surface area contributed by atoms with Crippen LogP contribution in [0.4, 0.5) is 0 Å². The first kappa shape index (κ1) is 14.0. The van der Waals surface area contributed by atoms with Gasteiger partial charge < -0.3 is 15.2 Å². The highest BCUT2D eigenvalue weighted by atomic mass is 16.5. The SMILES string of the molecule is COCC(C)CNC(=O)C1CCC(C(=O)O)C1. The van der Waals surface area contributed by atoms with Crippen LogP contribution in [0.25, 0.3) is 0 Å². The first-order valence-electron chi connectivity index (χ1n) is 6.04. The Hall–Kier alpha value is -1.10. The molecule has 0 aromatic carbocycles. The fourth-order valence-corrected chi connectivity index (χ4v) is 2.21. The van der Waals surface area contributed by atoms with Crippen LogP contribution in [0.5, 0.6) is 0 Å². The van der Waals surface area contributed by atoms with E-state index in [0.29, 0.717) is 32.4 Å². The van der Waals surface area contributed by atoms with E-state index in [1.807, 2.05) is 6.92 Å². The average Bonchev–Trinajstić information content (AvgIpc) is 2.75. The van der Waals surface area contributed by atoms with Gasteiger partial charge >= 0.3 is 5.97 Å². The zero-order chi connectivity index (χ0) is 12.8. The van der Waals surface area contributed by atoms with Crippen LogP contribution in [0, 0.1) is 17.8 Å². The first-order valence-corrected chi connectivity index (χ1v) is 6.04. The van der Waals surface area contributed by atoms with Crippen LogP contribution in [0.2, 0.25) is 0 Å². The second-order valence-electron chi connectivity index (χ2n) is 4.85. The fraction of sp³-hybridized carbons (Fsp3) is 0.833. The quantitative estimate of drug-likeness (QED) is 0.726. The van der Waals surface area contributed by atoms with Crippen LogP contribution in [0.3, 0.4) is 0 Å². The molecular formula is C12H21NO4. The molecular weight excluding hydrogens is 222 g/mol. The molecule has 0 heterocycles. The number of aliphatic carboxylic acids is 1. The van der Waals surface area contributed by atoms with Crippen molar-refractivity contribution in [2.45, 2.75) is 26.2 Å². The van der Waals surface area contributed by atoms with Gasteiger partial charge in [0.15, 0.2) is 0 Å². The minimum atomic E-state index is -0.784. The Morgan fingerprint density at radius 2 is 2.06 bits per heavy atom. The lowest BCUT2D eigenvalue weighted by atomic mass is 10.0. The predicted octanol–water partition coefficient (Wildman–Crippen LogP) is 0.886. The first-order chi connectivity index (χ1) is 8.04. The molecule has 1 amide bonds. The lowest BCUT2D eigenvalue weighted by molar-refractivity contribution is -0.141. The van der Waals surface area contributed by atoms with Crippen LogP contribution in [0.15, 0.2) is 0 Å². The fourth-order valence-electron chi connectivity index (χ4n) is 2.21. The number of carbonyl (C=O) groups is 2. The Morgan fingerprint density at radius 1 is 1.41 bits per heavy atom. The van der Waals surface area contributed by atoms with Gasteiger partial charge in [-0.3, -0.25) is 9.59 Å². The maximum Gasteiger partial charge on any atom is 0.306 e. The number of amides is 1. The number of methoxy groups -OCH3 is 1. The minimum Gasteiger partial charge on any atom is -0.481 e. The summed E-state index contributed by atoms with van der Waals surface area (Å²) in [5.41, 5.74) is 0. The van der Waals surface area contributed by atoms with Crippen LogP contribution < -0.4 is 5.32 Å². The van der Waals surface area contributed by atoms with Gasteiger partial charge in [-0.15, -0.1) is 0 Å². The zero-order valence-electron chi connectivity index (χ0n) is 10.4. The van der Waals surface area contributed by atoms with Crippen molar-refractivity contribution in [3.8, 4) is 0 Å². The summed E-state index contributed by atoms with van der Waals surface area (Å²) in [6.07, 6.45) is 1.77. The summed E-state index contributed by atoms with van der Waals surface area (Å²) in [4.78, 5) is 22.6. The number of rotatable bonds is 6. The highest BCUT2D eigenvalue weighted by Gasteiger charge is 2.33. The van der Waals surface area contributed by atoms with Gasteiger partial charge in [0.05, 0.1) is 12.5 Å². The van der Waals surface area contributed by atoms with Gasteiger partial charge in [0.25, 0.3) is 0 Å². The Kier molecular flexibility index (Phi) is 5.41. The smallest absolute Gasteiger partial charge is 0.306 e. The van der Waals surface area contributed by atoms with Gasteiger partial charge in [-0.05, 0) is 25.2 Å². The summed E-state index contributed by atoms with van der Waals surface area (Å²) in [5.74, 6) is -1.00. The zero-order valence-corrected chi connectivity index (χ0v) is 10.4. The third-order valence-electron chi connectivity index (χ3n) is 3.23. The number of hydrogen-bond donors (Lipinski definition) is 2. The van der Waals surface area contributed by atoms with Crippen LogP contribution in [-0.2, 0) is 14.3 Å². The van der Waals surface area contributed by atoms with Crippen LogP contribution >= 0.6 is 0 Å². The van der Waals surface area contributed by atoms with Gasteiger partial charge in [-0.1, -0.05) is 6.92 Å². The van der Waals surface area contributed by atoms with E-state index in [1.54, 1.807) is 7.11 Å². The van der Waals surface area contributed by atoms with Crippen molar-refractivity contribution in [3.63, 3.8) is 0 Å². The van der Waals surface area contributed by atoms with E-state index >= 15 is 0 Å². The molecule has 0 saturated heterocycles. The van der Waals surface area contributed by atoms with E-state index in [9.17, 15) is 9.59 Å². The number of carbonyl (C=O) groups excluding carboxylic acids is 1. The molecule has 3 unspecified atom stereocenters. The van der Waals surface area contributed by atoms with Crippen LogP contribution in [0.1, 0.15) is 26.2 Å². The molecule has 1 fully saturated rings. The highest BCUT2D eigenvalue weighted by molar-refractivity contribution is 5.80. The van der Waals surface area contributed by atoms with Crippen molar-refractivity contribution in [1.29, 1.82) is 0 Å². The molecule has 0 radical (unpaired) electrons. The van der Waals surface area contributed by atoms with Gasteiger partial charge in [0, 0.05) is 19.6 Å². The predicted molar refractivity (Wildman–Crippen MR) is 62.5 cm³/mol. The molecule has 0 bridgehead atoms. The van der Waals surface area contributed by atoms with E-state index in [4.69, 9.17) is 9.84 Å². The molecule has 1 saturated carbocycles. The molecule has 0 aliphatic heterocycles. The minimum absolute atomic E-state index is 0.0169. The molecule has 5 nitrogen and oxygen atoms in total. The van der Waals surface area contributed by atoms with Gasteiger partial charge in [-0.2, -0.15) is 0 Å². The lowest BCUT2D eigenvalue weighted by Crippen LogP contribution is -2.34. The summed E-state index contributed by atoms with van der Waals surface area (Å²) >= 11 is 0. The Labute approximate surface area is 102 Å². The monoisotopic (exact) mass is 243 g/mol. The molecule has 3 atom stereocenters. The number of nitrogens with one attached hydrogen (secondary N) is 1. The number of carboxylic acid groups (broad SMARTS) is 1. The molecule has 0 aromatic rings. The summed E-state index contributed by atoms with van der Waals surface area (Å²) in [5, 5.41) is 11.7. The molecule has 1 aliphatic carbocycles. The van der Waals surface area contributed by atoms with Gasteiger partial charge in [0.2, 0.25) is 5.91 Å². The van der Waals surface area contributed by atoms with Crippen LogP contribution in [-0.4, -0.2) is 37.2 Å². The van der Waals surface area contributed by atoms with Crippen molar-refractivity contribution < 1.29 is 19.4 Å². The third kappa shape index (κ3) is 4.34. The summed E-state index contributed by atoms with van der Waals surface area (Å²) in [6.45, 7) is 3.20. The van der Waals surface area contributed by atoms with Crippen molar-refractivity contribution in [2.75, 3.05) is 20.3 Å². The maximum atomic E-state index is 11.8. The largest absolute Gasteiger partial charge is 0.481 e. The highest BCUT2D eigenvalue weighted by Crippen LogP contribution is 2.31. The number of ether oxygens (including phenoxy) is 1. The van der Waals surface area contributed by atoms with Crippen molar-refractivity contribution >= 4 is 11.9 Å². The molecule has 5 heteroatoms. The number of carboxylic acids is 1. The summed E-state index contributed by atoms with van der Waals surface area (Å²) < 4.78 is 4.98. The number of hydrogen-bond acceptors (Lipinski definition) is 3. The van der Waals surface area contributed by atoms with E-state index < -0.39 is 5.97 Å². The van der Waals surface area contributed by atoms with E-state index in [-0.39, 0.29) is 23.7 Å². The average molecular weight is 243 g/mol. The van der Waals surface area contributed by atoms with Crippen molar-refractivity contribution in [3.05, 3.63) is 0 Å². The molecule has 1 aliphatic rings. The van der Waals surface area contributed by atoms with Gasteiger partial charge in [-0.25, -0.2) is 0 Å². The topological polar surface area (TPSA) is 75.6 Å². The van der Waals surface area contributed by atoms with E-state index in [2.05, 4.69) is 5.32 Å². The third-order valence-corrected chi connectivity index (χ3v) is 3.23. The lowest BCUT2D eigenvalue weighted by Gasteiger charge is -2.14.